The molecule has 0 bridgehead atoms. The van der Waals surface area contributed by atoms with Crippen molar-refractivity contribution in [2.45, 2.75) is 91.0 Å². The van der Waals surface area contributed by atoms with Crippen molar-refractivity contribution in [3.8, 4) is 17.2 Å². The monoisotopic (exact) mass is 687 g/mol. The average Bonchev–Trinajstić information content (AvgIpc) is 3.05. The van der Waals surface area contributed by atoms with E-state index in [1.165, 1.54) is 21.3 Å². The Hall–Kier alpha value is -4.03. The highest BCUT2D eigenvalue weighted by Crippen LogP contribution is 2.41. The standard InChI is InChI=1S/C37H57N3O9/c1-10-48-20-14-19-38-35(43)31(24(2)3)40-34(42)27(22-26-17-18-30(45-7)33(47-9)32(26)46-8)23-29(41)28(21-25-15-12-11-13-16-25)39-36(44)49-37(4,5)6/h11-13,15-18,24,27-29,31,41H,10,14,19-23H2,1-9H3,(H,38,43)(H,39,44)(H,40,42)/t27-,28+,29+,31+/m1/s1. The number of hydrogen-bond donors (Lipinski definition) is 4. The van der Waals surface area contributed by atoms with Gasteiger partial charge in [0.05, 0.1) is 33.5 Å². The fraction of sp³-hybridized carbons (Fsp3) is 0.595. The molecular weight excluding hydrogens is 630 g/mol. The zero-order valence-electron chi connectivity index (χ0n) is 30.6. The number of amides is 3. The number of hydrogen-bond acceptors (Lipinski definition) is 9. The summed E-state index contributed by atoms with van der Waals surface area (Å²) < 4.78 is 27.6. The van der Waals surface area contributed by atoms with E-state index < -0.39 is 41.7 Å². The first-order chi connectivity index (χ1) is 23.2. The number of carbonyl (C=O) groups excluding carboxylic acids is 3. The second-order valence-electron chi connectivity index (χ2n) is 13.2. The van der Waals surface area contributed by atoms with Crippen LogP contribution >= 0.6 is 0 Å². The molecule has 0 spiro atoms. The molecule has 0 saturated carbocycles. The fourth-order valence-corrected chi connectivity index (χ4v) is 5.38. The van der Waals surface area contributed by atoms with Crippen LogP contribution in [0.4, 0.5) is 4.79 Å². The quantitative estimate of drug-likeness (QED) is 0.148. The van der Waals surface area contributed by atoms with E-state index in [2.05, 4.69) is 16.0 Å². The highest BCUT2D eigenvalue weighted by atomic mass is 16.6. The molecule has 0 aromatic heterocycles. The second-order valence-corrected chi connectivity index (χ2v) is 13.2. The summed E-state index contributed by atoms with van der Waals surface area (Å²) >= 11 is 0. The lowest BCUT2D eigenvalue weighted by Gasteiger charge is -2.30. The summed E-state index contributed by atoms with van der Waals surface area (Å²) in [6, 6.07) is 11.3. The Morgan fingerprint density at radius 1 is 0.857 bits per heavy atom. The van der Waals surface area contributed by atoms with Crippen LogP contribution in [0.15, 0.2) is 42.5 Å². The minimum absolute atomic E-state index is 0.0581. The first-order valence-electron chi connectivity index (χ1n) is 16.9. The van der Waals surface area contributed by atoms with E-state index >= 15 is 0 Å². The van der Waals surface area contributed by atoms with E-state index in [9.17, 15) is 19.5 Å². The smallest absolute Gasteiger partial charge is 0.407 e. The van der Waals surface area contributed by atoms with Gasteiger partial charge in [0.2, 0.25) is 17.6 Å². The lowest BCUT2D eigenvalue weighted by atomic mass is 9.87. The summed E-state index contributed by atoms with van der Waals surface area (Å²) in [5.41, 5.74) is 0.758. The molecule has 2 aromatic rings. The van der Waals surface area contributed by atoms with Crippen molar-refractivity contribution in [1.29, 1.82) is 0 Å². The maximum absolute atomic E-state index is 14.2. The van der Waals surface area contributed by atoms with E-state index in [-0.39, 0.29) is 31.1 Å². The molecule has 0 aliphatic heterocycles. The summed E-state index contributed by atoms with van der Waals surface area (Å²) in [6.45, 7) is 12.4. The highest BCUT2D eigenvalue weighted by Gasteiger charge is 2.33. The van der Waals surface area contributed by atoms with Crippen LogP contribution in [0, 0.1) is 11.8 Å². The molecule has 2 rings (SSSR count). The van der Waals surface area contributed by atoms with Gasteiger partial charge in [-0.1, -0.05) is 50.2 Å². The molecule has 0 saturated heterocycles. The lowest BCUT2D eigenvalue weighted by Crippen LogP contribution is -2.53. The van der Waals surface area contributed by atoms with Gasteiger partial charge >= 0.3 is 6.09 Å². The van der Waals surface area contributed by atoms with Crippen LogP contribution in [0.2, 0.25) is 0 Å². The Labute approximate surface area is 291 Å². The van der Waals surface area contributed by atoms with Crippen LogP contribution in [0.3, 0.4) is 0 Å². The van der Waals surface area contributed by atoms with Crippen LogP contribution in [0.1, 0.15) is 65.5 Å². The van der Waals surface area contributed by atoms with Gasteiger partial charge in [-0.2, -0.15) is 0 Å². The molecule has 12 nitrogen and oxygen atoms in total. The van der Waals surface area contributed by atoms with Gasteiger partial charge in [-0.3, -0.25) is 9.59 Å². The Balaban J connectivity index is 2.46. The van der Waals surface area contributed by atoms with Crippen molar-refractivity contribution < 1.29 is 43.2 Å². The van der Waals surface area contributed by atoms with Crippen molar-refractivity contribution in [3.05, 3.63) is 53.6 Å². The van der Waals surface area contributed by atoms with Gasteiger partial charge in [-0.05, 0) is 76.5 Å². The first kappa shape index (κ1) is 41.1. The van der Waals surface area contributed by atoms with Gasteiger partial charge in [0.1, 0.15) is 11.6 Å². The third-order valence-electron chi connectivity index (χ3n) is 7.83. The first-order valence-corrected chi connectivity index (χ1v) is 16.9. The maximum atomic E-state index is 14.2. The van der Waals surface area contributed by atoms with Gasteiger partial charge in [-0.15, -0.1) is 0 Å². The van der Waals surface area contributed by atoms with Crippen LogP contribution in [-0.2, 0) is 31.9 Å². The number of nitrogens with one attached hydrogen (secondary N) is 3. The fourth-order valence-electron chi connectivity index (χ4n) is 5.38. The lowest BCUT2D eigenvalue weighted by molar-refractivity contribution is -0.132. The molecule has 0 heterocycles. The Morgan fingerprint density at radius 2 is 1.53 bits per heavy atom. The molecule has 0 unspecified atom stereocenters. The van der Waals surface area contributed by atoms with Crippen LogP contribution < -0.4 is 30.2 Å². The van der Waals surface area contributed by atoms with E-state index in [0.29, 0.717) is 49.0 Å². The maximum Gasteiger partial charge on any atom is 0.407 e. The summed E-state index contributed by atoms with van der Waals surface area (Å²) in [7, 11) is 4.51. The summed E-state index contributed by atoms with van der Waals surface area (Å²) in [4.78, 5) is 40.3. The minimum Gasteiger partial charge on any atom is -0.493 e. The van der Waals surface area contributed by atoms with Crippen molar-refractivity contribution in [3.63, 3.8) is 0 Å². The third kappa shape index (κ3) is 13.8. The van der Waals surface area contributed by atoms with E-state index in [1.807, 2.05) is 51.1 Å². The molecule has 0 aliphatic carbocycles. The number of aliphatic hydroxyl groups excluding tert-OH is 1. The van der Waals surface area contributed by atoms with Gasteiger partial charge in [-0.25, -0.2) is 4.79 Å². The molecule has 0 radical (unpaired) electrons. The van der Waals surface area contributed by atoms with Crippen molar-refractivity contribution >= 4 is 17.9 Å². The third-order valence-corrected chi connectivity index (χ3v) is 7.83. The molecule has 49 heavy (non-hydrogen) atoms. The summed E-state index contributed by atoms with van der Waals surface area (Å²) in [5, 5.41) is 20.4. The number of aliphatic hydroxyl groups is 1. The normalized spacial score (nSPS) is 13.9. The molecule has 274 valence electrons. The molecule has 3 amide bonds. The van der Waals surface area contributed by atoms with Crippen LogP contribution in [0.5, 0.6) is 17.2 Å². The SMILES string of the molecule is CCOCCCNC(=O)[C@@H](NC(=O)[C@H](Cc1ccc(OC)c(OC)c1OC)C[C@H](O)[C@H](Cc1ccccc1)NC(=O)OC(C)(C)C)C(C)C. The van der Waals surface area contributed by atoms with Gasteiger partial charge in [0, 0.05) is 25.7 Å². The predicted octanol–water partition coefficient (Wildman–Crippen LogP) is 4.44. The van der Waals surface area contributed by atoms with Crippen molar-refractivity contribution in [2.24, 2.45) is 11.8 Å². The van der Waals surface area contributed by atoms with E-state index in [1.54, 1.807) is 32.9 Å². The Morgan fingerprint density at radius 3 is 2.10 bits per heavy atom. The number of alkyl carbamates (subject to hydrolysis) is 1. The number of rotatable bonds is 20. The molecule has 12 heteroatoms. The zero-order valence-corrected chi connectivity index (χ0v) is 30.6. The zero-order chi connectivity index (χ0) is 36.6. The highest BCUT2D eigenvalue weighted by molar-refractivity contribution is 5.89. The average molecular weight is 688 g/mol. The minimum atomic E-state index is -1.18. The summed E-state index contributed by atoms with van der Waals surface area (Å²) in [5.74, 6) is -0.623. The number of methoxy groups -OCH3 is 3. The van der Waals surface area contributed by atoms with E-state index in [4.69, 9.17) is 23.7 Å². The second kappa shape index (κ2) is 20.5. The number of carbonyl (C=O) groups is 3. The van der Waals surface area contributed by atoms with Crippen molar-refractivity contribution in [2.75, 3.05) is 41.1 Å². The number of benzene rings is 2. The Bertz CT molecular complexity index is 1310. The topological polar surface area (TPSA) is 154 Å². The van der Waals surface area contributed by atoms with Crippen LogP contribution in [0.25, 0.3) is 0 Å². The van der Waals surface area contributed by atoms with Gasteiger partial charge in [0.15, 0.2) is 11.5 Å². The molecule has 4 N–H and O–H groups in total. The number of ether oxygens (including phenoxy) is 5. The van der Waals surface area contributed by atoms with Crippen LogP contribution in [-0.4, -0.2) is 87.9 Å². The van der Waals surface area contributed by atoms with E-state index in [0.717, 1.165) is 5.56 Å². The van der Waals surface area contributed by atoms with Gasteiger partial charge < -0.3 is 44.7 Å². The molecule has 0 fully saturated rings. The largest absolute Gasteiger partial charge is 0.493 e. The molecule has 0 aliphatic rings. The summed E-state index contributed by atoms with van der Waals surface area (Å²) in [6.07, 6.45) is -0.876. The molecule has 2 aromatic carbocycles. The Kier molecular flexibility index (Phi) is 17.2. The molecular formula is C37H57N3O9. The van der Waals surface area contributed by atoms with Crippen molar-refractivity contribution in [1.82, 2.24) is 16.0 Å². The molecule has 4 atom stereocenters. The van der Waals surface area contributed by atoms with Gasteiger partial charge in [0.25, 0.3) is 0 Å². The predicted molar refractivity (Wildman–Crippen MR) is 188 cm³/mol.